The van der Waals surface area contributed by atoms with E-state index in [1.54, 1.807) is 6.07 Å². The lowest BCUT2D eigenvalue weighted by Gasteiger charge is -1.94. The van der Waals surface area contributed by atoms with Crippen LogP contribution in [-0.4, -0.2) is 20.5 Å². The normalized spacial score (nSPS) is 10.8. The maximum atomic E-state index is 9.13. The van der Waals surface area contributed by atoms with Crippen LogP contribution in [0.3, 0.4) is 0 Å². The van der Waals surface area contributed by atoms with E-state index in [1.807, 2.05) is 13.8 Å². The number of aliphatic hydroxyl groups excluding tert-OH is 1. The van der Waals surface area contributed by atoms with Gasteiger partial charge in [-0.3, -0.25) is 5.10 Å². The maximum absolute atomic E-state index is 9.13. The molecular formula is C9H11N3O2. The van der Waals surface area contributed by atoms with Gasteiger partial charge >= 0.3 is 0 Å². The fourth-order valence-electron chi connectivity index (χ4n) is 1.32. The van der Waals surface area contributed by atoms with Crippen LogP contribution in [0.5, 0.6) is 0 Å². The summed E-state index contributed by atoms with van der Waals surface area (Å²) in [7, 11) is 0. The van der Waals surface area contributed by atoms with Gasteiger partial charge in [-0.1, -0.05) is 5.16 Å². The number of aliphatic hydroxyl groups is 1. The molecule has 14 heavy (non-hydrogen) atoms. The first-order valence-electron chi connectivity index (χ1n) is 4.30. The molecule has 0 atom stereocenters. The van der Waals surface area contributed by atoms with E-state index in [9.17, 15) is 0 Å². The highest BCUT2D eigenvalue weighted by Gasteiger charge is 2.14. The second-order valence-corrected chi connectivity index (χ2v) is 3.17. The maximum Gasteiger partial charge on any atom is 0.187 e. The average Bonchev–Trinajstić information content (AvgIpc) is 2.71. The van der Waals surface area contributed by atoms with E-state index in [0.29, 0.717) is 11.5 Å². The van der Waals surface area contributed by atoms with Crippen molar-refractivity contribution in [1.82, 2.24) is 15.4 Å². The van der Waals surface area contributed by atoms with Gasteiger partial charge in [0.1, 0.15) is 5.69 Å². The van der Waals surface area contributed by atoms with E-state index >= 15 is 0 Å². The highest BCUT2D eigenvalue weighted by Crippen LogP contribution is 2.23. The van der Waals surface area contributed by atoms with Crippen molar-refractivity contribution in [2.45, 2.75) is 20.5 Å². The third-order valence-electron chi connectivity index (χ3n) is 2.09. The summed E-state index contributed by atoms with van der Waals surface area (Å²) in [5.74, 6) is 0.580. The molecule has 0 spiro atoms. The molecule has 2 N–H and O–H groups in total. The summed E-state index contributed by atoms with van der Waals surface area (Å²) in [4.78, 5) is 0. The smallest absolute Gasteiger partial charge is 0.187 e. The predicted molar refractivity (Wildman–Crippen MR) is 49.5 cm³/mol. The van der Waals surface area contributed by atoms with Gasteiger partial charge < -0.3 is 9.63 Å². The Bertz CT molecular complexity index is 445. The van der Waals surface area contributed by atoms with Gasteiger partial charge in [-0.2, -0.15) is 5.10 Å². The molecule has 0 unspecified atom stereocenters. The Morgan fingerprint density at radius 3 is 2.86 bits per heavy atom. The number of H-pyrrole nitrogens is 1. The number of nitrogens with one attached hydrogen (secondary N) is 1. The monoisotopic (exact) mass is 193 g/mol. The molecule has 0 saturated heterocycles. The number of hydrogen-bond acceptors (Lipinski definition) is 4. The summed E-state index contributed by atoms with van der Waals surface area (Å²) in [6.07, 6.45) is 0. The molecule has 0 fully saturated rings. The Morgan fingerprint density at radius 1 is 1.50 bits per heavy atom. The second kappa shape index (κ2) is 3.26. The molecule has 5 heteroatoms. The fourth-order valence-corrected chi connectivity index (χ4v) is 1.32. The second-order valence-electron chi connectivity index (χ2n) is 3.17. The fraction of sp³-hybridized carbons (Fsp3) is 0.333. The van der Waals surface area contributed by atoms with Gasteiger partial charge in [0.2, 0.25) is 0 Å². The van der Waals surface area contributed by atoms with Crippen molar-refractivity contribution >= 4 is 0 Å². The molecule has 0 aliphatic carbocycles. The van der Waals surface area contributed by atoms with Crippen LogP contribution < -0.4 is 0 Å². The molecule has 2 aromatic rings. The Balaban J connectivity index is 2.51. The average molecular weight is 193 g/mol. The molecule has 2 rings (SSSR count). The molecule has 5 nitrogen and oxygen atoms in total. The van der Waals surface area contributed by atoms with Gasteiger partial charge in [0.15, 0.2) is 5.76 Å². The number of aromatic amines is 1. The predicted octanol–water partition coefficient (Wildman–Crippen LogP) is 1.17. The number of hydrogen-bond donors (Lipinski definition) is 2. The van der Waals surface area contributed by atoms with Gasteiger partial charge in [0.25, 0.3) is 0 Å². The van der Waals surface area contributed by atoms with Crippen LogP contribution in [-0.2, 0) is 6.61 Å². The lowest BCUT2D eigenvalue weighted by molar-refractivity contribution is 0.281. The van der Waals surface area contributed by atoms with Crippen LogP contribution in [0.25, 0.3) is 11.5 Å². The molecule has 0 bridgehead atoms. The van der Waals surface area contributed by atoms with E-state index in [4.69, 9.17) is 9.63 Å². The minimum absolute atomic E-state index is 0.0581. The van der Waals surface area contributed by atoms with E-state index in [1.165, 1.54) is 0 Å². The van der Waals surface area contributed by atoms with Gasteiger partial charge in [0.05, 0.1) is 12.3 Å². The van der Waals surface area contributed by atoms with E-state index < -0.39 is 0 Å². The summed E-state index contributed by atoms with van der Waals surface area (Å²) in [6, 6.07) is 1.79. The SMILES string of the molecule is Cc1cc(-c2n[nH]c(C)c2CO)on1. The first kappa shape index (κ1) is 8.96. The van der Waals surface area contributed by atoms with Crippen molar-refractivity contribution in [3.63, 3.8) is 0 Å². The van der Waals surface area contributed by atoms with Crippen LogP contribution in [0.2, 0.25) is 0 Å². The zero-order valence-electron chi connectivity index (χ0n) is 8.03. The third-order valence-corrected chi connectivity index (χ3v) is 2.09. The zero-order valence-corrected chi connectivity index (χ0v) is 8.03. The number of nitrogens with zero attached hydrogens (tertiary/aromatic N) is 2. The highest BCUT2D eigenvalue weighted by atomic mass is 16.5. The minimum Gasteiger partial charge on any atom is -0.392 e. The van der Waals surface area contributed by atoms with Crippen molar-refractivity contribution < 1.29 is 9.63 Å². The summed E-state index contributed by atoms with van der Waals surface area (Å²) >= 11 is 0. The molecule has 0 radical (unpaired) electrons. The Hall–Kier alpha value is -1.62. The van der Waals surface area contributed by atoms with Gasteiger partial charge in [-0.05, 0) is 13.8 Å². The molecule has 2 heterocycles. The lowest BCUT2D eigenvalue weighted by Crippen LogP contribution is -1.86. The first-order chi connectivity index (χ1) is 6.72. The summed E-state index contributed by atoms with van der Waals surface area (Å²) < 4.78 is 5.06. The summed E-state index contributed by atoms with van der Waals surface area (Å²) in [5, 5.41) is 19.8. The summed E-state index contributed by atoms with van der Waals surface area (Å²) in [5.41, 5.74) is 3.02. The number of aromatic nitrogens is 3. The standard InChI is InChI=1S/C9H11N3O2/c1-5-3-8(14-12-5)9-7(4-13)6(2)10-11-9/h3,13H,4H2,1-2H3,(H,10,11). The zero-order chi connectivity index (χ0) is 10.1. The van der Waals surface area contributed by atoms with Gasteiger partial charge in [-0.15, -0.1) is 0 Å². The first-order valence-corrected chi connectivity index (χ1v) is 4.30. The van der Waals surface area contributed by atoms with Crippen LogP contribution in [0.4, 0.5) is 0 Å². The molecule has 0 aromatic carbocycles. The van der Waals surface area contributed by atoms with E-state index in [-0.39, 0.29) is 6.61 Å². The Labute approximate surface area is 80.7 Å². The van der Waals surface area contributed by atoms with Crippen molar-refractivity contribution in [2.24, 2.45) is 0 Å². The Morgan fingerprint density at radius 2 is 2.29 bits per heavy atom. The molecule has 2 aromatic heterocycles. The minimum atomic E-state index is -0.0581. The van der Waals surface area contributed by atoms with Crippen molar-refractivity contribution in [2.75, 3.05) is 0 Å². The van der Waals surface area contributed by atoms with Crippen molar-refractivity contribution in [3.05, 3.63) is 23.0 Å². The van der Waals surface area contributed by atoms with Gasteiger partial charge in [0, 0.05) is 17.3 Å². The van der Waals surface area contributed by atoms with Crippen LogP contribution >= 0.6 is 0 Å². The third kappa shape index (κ3) is 1.31. The van der Waals surface area contributed by atoms with E-state index in [0.717, 1.165) is 17.0 Å². The van der Waals surface area contributed by atoms with Crippen LogP contribution in [0.1, 0.15) is 17.0 Å². The molecular weight excluding hydrogens is 182 g/mol. The molecule has 0 saturated carbocycles. The topological polar surface area (TPSA) is 74.9 Å². The highest BCUT2D eigenvalue weighted by molar-refractivity contribution is 5.57. The van der Waals surface area contributed by atoms with Gasteiger partial charge in [-0.25, -0.2) is 0 Å². The van der Waals surface area contributed by atoms with Crippen LogP contribution in [0.15, 0.2) is 10.6 Å². The number of rotatable bonds is 2. The van der Waals surface area contributed by atoms with Crippen molar-refractivity contribution in [3.8, 4) is 11.5 Å². The molecule has 0 aliphatic heterocycles. The largest absolute Gasteiger partial charge is 0.392 e. The molecule has 0 amide bonds. The van der Waals surface area contributed by atoms with Crippen LogP contribution in [0, 0.1) is 13.8 Å². The molecule has 74 valence electrons. The molecule has 0 aliphatic rings. The number of aryl methyl sites for hydroxylation is 2. The van der Waals surface area contributed by atoms with Crippen molar-refractivity contribution in [1.29, 1.82) is 0 Å². The quantitative estimate of drug-likeness (QED) is 0.750. The summed E-state index contributed by atoms with van der Waals surface area (Å²) in [6.45, 7) is 3.63. The lowest BCUT2D eigenvalue weighted by atomic mass is 10.1. The Kier molecular flexibility index (Phi) is 2.09. The van der Waals surface area contributed by atoms with E-state index in [2.05, 4.69) is 15.4 Å².